The normalized spacial score (nSPS) is 11.2. The van der Waals surface area contributed by atoms with Crippen molar-refractivity contribution in [2.75, 3.05) is 23.7 Å². The van der Waals surface area contributed by atoms with Crippen LogP contribution in [0.25, 0.3) is 11.0 Å². The van der Waals surface area contributed by atoms with Crippen molar-refractivity contribution in [1.29, 1.82) is 5.26 Å². The van der Waals surface area contributed by atoms with E-state index in [-0.39, 0.29) is 11.4 Å². The molecule has 0 bridgehead atoms. The summed E-state index contributed by atoms with van der Waals surface area (Å²) < 4.78 is 18.3. The van der Waals surface area contributed by atoms with Crippen LogP contribution in [0.5, 0.6) is 0 Å². The fourth-order valence-corrected chi connectivity index (χ4v) is 3.06. The lowest BCUT2D eigenvalue weighted by atomic mass is 10.2. The number of fused-ring (bicyclic) bond motifs is 1. The smallest absolute Gasteiger partial charge is 0.238 e. The van der Waals surface area contributed by atoms with Gasteiger partial charge in [-0.15, -0.1) is 0 Å². The monoisotopic (exact) mass is 356 g/mol. The molecule has 0 amide bonds. The second-order valence-electron chi connectivity index (χ2n) is 5.73. The number of imidazole rings is 1. The standard InChI is InChI=1S/C17H18FN6P/c1-10-5-12(8-19)22-17(18)15(10)21-11-6-13-16(20-9-23(13)2)14(7-11)24(3)25-4/h5-7,9,21,25H,1-4H3. The Bertz CT molecular complexity index is 968. The SMILES string of the molecule is CPN(C)c1cc(Nc2c(C)cc(C#N)nc2F)cc2c1ncn2C. The van der Waals surface area contributed by atoms with Gasteiger partial charge in [-0.3, -0.25) is 0 Å². The van der Waals surface area contributed by atoms with Crippen LogP contribution in [0.3, 0.4) is 0 Å². The van der Waals surface area contributed by atoms with Crippen LogP contribution < -0.4 is 9.99 Å². The summed E-state index contributed by atoms with van der Waals surface area (Å²) in [7, 11) is 4.50. The maximum atomic E-state index is 14.3. The van der Waals surface area contributed by atoms with Crippen molar-refractivity contribution in [1.82, 2.24) is 14.5 Å². The van der Waals surface area contributed by atoms with E-state index in [1.54, 1.807) is 19.3 Å². The van der Waals surface area contributed by atoms with Gasteiger partial charge in [-0.05, 0) is 46.1 Å². The highest BCUT2D eigenvalue weighted by atomic mass is 31.1. The molecule has 1 N–H and O–H groups in total. The van der Waals surface area contributed by atoms with Crippen molar-refractivity contribution in [2.45, 2.75) is 6.92 Å². The maximum absolute atomic E-state index is 14.3. The van der Waals surface area contributed by atoms with Crippen molar-refractivity contribution < 1.29 is 4.39 Å². The van der Waals surface area contributed by atoms with Crippen LogP contribution in [0, 0.1) is 24.2 Å². The zero-order valence-corrected chi connectivity index (χ0v) is 15.4. The van der Waals surface area contributed by atoms with Crippen LogP contribution in [0.15, 0.2) is 24.5 Å². The number of nitrogens with zero attached hydrogens (tertiary/aromatic N) is 5. The number of anilines is 3. The Morgan fingerprint density at radius 3 is 2.76 bits per heavy atom. The van der Waals surface area contributed by atoms with Crippen molar-refractivity contribution in [3.8, 4) is 6.07 Å². The number of nitrogens with one attached hydrogen (secondary N) is 1. The van der Waals surface area contributed by atoms with E-state index in [9.17, 15) is 4.39 Å². The lowest BCUT2D eigenvalue weighted by molar-refractivity contribution is 0.585. The molecular formula is C17H18FN6P. The molecule has 25 heavy (non-hydrogen) atoms. The minimum atomic E-state index is -0.686. The van der Waals surface area contributed by atoms with Crippen LogP contribution in [-0.2, 0) is 7.05 Å². The Morgan fingerprint density at radius 1 is 1.36 bits per heavy atom. The number of nitriles is 1. The molecule has 2 aromatic heterocycles. The summed E-state index contributed by atoms with van der Waals surface area (Å²) in [5, 5.41) is 12.0. The fourth-order valence-electron chi connectivity index (χ4n) is 2.65. The number of rotatable bonds is 4. The van der Waals surface area contributed by atoms with Crippen LogP contribution >= 0.6 is 8.73 Å². The van der Waals surface area contributed by atoms with E-state index < -0.39 is 5.95 Å². The summed E-state index contributed by atoms with van der Waals surface area (Å²) in [6, 6.07) is 7.30. The van der Waals surface area contributed by atoms with E-state index in [4.69, 9.17) is 5.26 Å². The van der Waals surface area contributed by atoms with Crippen LogP contribution in [0.1, 0.15) is 11.3 Å². The topological polar surface area (TPSA) is 69.8 Å². The van der Waals surface area contributed by atoms with Crippen molar-refractivity contribution in [3.05, 3.63) is 41.7 Å². The van der Waals surface area contributed by atoms with Gasteiger partial charge in [0.25, 0.3) is 0 Å². The first kappa shape index (κ1) is 17.1. The third-order valence-corrected chi connectivity index (χ3v) is 4.97. The van der Waals surface area contributed by atoms with Gasteiger partial charge in [0, 0.05) is 19.8 Å². The molecule has 0 aliphatic rings. The summed E-state index contributed by atoms with van der Waals surface area (Å²) in [6.45, 7) is 3.83. The first-order valence-electron chi connectivity index (χ1n) is 7.65. The largest absolute Gasteiger partial charge is 0.355 e. The van der Waals surface area contributed by atoms with Crippen LogP contribution in [0.4, 0.5) is 21.5 Å². The van der Waals surface area contributed by atoms with E-state index in [0.29, 0.717) is 14.3 Å². The highest BCUT2D eigenvalue weighted by Crippen LogP contribution is 2.35. The maximum Gasteiger partial charge on any atom is 0.238 e. The van der Waals surface area contributed by atoms with E-state index >= 15 is 0 Å². The number of benzene rings is 1. The molecule has 0 radical (unpaired) electrons. The fraction of sp³-hybridized carbons (Fsp3) is 0.235. The van der Waals surface area contributed by atoms with E-state index in [2.05, 4.69) is 26.6 Å². The minimum Gasteiger partial charge on any atom is -0.355 e. The number of aryl methyl sites for hydroxylation is 2. The zero-order valence-electron chi connectivity index (χ0n) is 14.4. The molecule has 0 spiro atoms. The molecule has 1 atom stereocenters. The first-order valence-corrected chi connectivity index (χ1v) is 9.09. The number of pyridine rings is 1. The number of aromatic nitrogens is 3. The highest BCUT2D eigenvalue weighted by molar-refractivity contribution is 7.39. The Morgan fingerprint density at radius 2 is 2.12 bits per heavy atom. The van der Waals surface area contributed by atoms with Gasteiger partial charge in [-0.1, -0.05) is 0 Å². The molecule has 2 heterocycles. The lowest BCUT2D eigenvalue weighted by Gasteiger charge is -2.19. The first-order chi connectivity index (χ1) is 11.9. The zero-order chi connectivity index (χ0) is 18.1. The van der Waals surface area contributed by atoms with Gasteiger partial charge in [0.1, 0.15) is 17.3 Å². The summed E-state index contributed by atoms with van der Waals surface area (Å²) in [4.78, 5) is 8.14. The third kappa shape index (κ3) is 3.13. The second-order valence-corrected chi connectivity index (χ2v) is 6.85. The molecule has 0 saturated carbocycles. The Kier molecular flexibility index (Phi) is 4.56. The van der Waals surface area contributed by atoms with Crippen LogP contribution in [-0.4, -0.2) is 28.2 Å². The molecular weight excluding hydrogens is 338 g/mol. The Hall–Kier alpha value is -2.71. The quantitative estimate of drug-likeness (QED) is 0.570. The molecule has 0 aliphatic heterocycles. The van der Waals surface area contributed by atoms with Gasteiger partial charge in [-0.2, -0.15) is 9.65 Å². The second kappa shape index (κ2) is 6.66. The van der Waals surface area contributed by atoms with Gasteiger partial charge in [-0.25, -0.2) is 9.97 Å². The number of hydrogen-bond acceptors (Lipinski definition) is 5. The molecule has 3 aromatic rings. The highest BCUT2D eigenvalue weighted by Gasteiger charge is 2.15. The molecule has 1 unspecified atom stereocenters. The summed E-state index contributed by atoms with van der Waals surface area (Å²) in [5.41, 5.74) is 4.53. The molecule has 8 heteroatoms. The molecule has 0 aliphatic carbocycles. The predicted molar refractivity (Wildman–Crippen MR) is 100 cm³/mol. The summed E-state index contributed by atoms with van der Waals surface area (Å²) in [6.07, 6.45) is 1.76. The van der Waals surface area contributed by atoms with E-state index in [1.165, 1.54) is 0 Å². The summed E-state index contributed by atoms with van der Waals surface area (Å²) >= 11 is 0. The molecule has 0 fully saturated rings. The minimum absolute atomic E-state index is 0.0650. The third-order valence-electron chi connectivity index (χ3n) is 4.06. The van der Waals surface area contributed by atoms with Gasteiger partial charge >= 0.3 is 0 Å². The average Bonchev–Trinajstić information content (AvgIpc) is 2.97. The Balaban J connectivity index is 2.11. The molecule has 1 aromatic carbocycles. The van der Waals surface area contributed by atoms with Gasteiger partial charge in [0.05, 0.1) is 23.2 Å². The van der Waals surface area contributed by atoms with Crippen molar-refractivity contribution in [3.63, 3.8) is 0 Å². The van der Waals surface area contributed by atoms with Crippen LogP contribution in [0.2, 0.25) is 0 Å². The molecule has 128 valence electrons. The molecule has 0 saturated heterocycles. The summed E-state index contributed by atoms with van der Waals surface area (Å²) in [5.74, 6) is -0.686. The molecule has 3 rings (SSSR count). The lowest BCUT2D eigenvalue weighted by Crippen LogP contribution is -2.06. The predicted octanol–water partition coefficient (Wildman–Crippen LogP) is 3.69. The van der Waals surface area contributed by atoms with E-state index in [0.717, 1.165) is 22.4 Å². The number of halogens is 1. The molecule has 6 nitrogen and oxygen atoms in total. The van der Waals surface area contributed by atoms with Crippen molar-refractivity contribution in [2.24, 2.45) is 7.05 Å². The van der Waals surface area contributed by atoms with Crippen molar-refractivity contribution >= 4 is 36.8 Å². The number of hydrogen-bond donors (Lipinski definition) is 1. The average molecular weight is 356 g/mol. The van der Waals surface area contributed by atoms with Gasteiger partial charge in [0.15, 0.2) is 0 Å². The Labute approximate surface area is 147 Å². The van der Waals surface area contributed by atoms with Gasteiger partial charge < -0.3 is 14.6 Å². The van der Waals surface area contributed by atoms with Gasteiger partial charge in [0.2, 0.25) is 5.95 Å². The van der Waals surface area contributed by atoms with E-state index in [1.807, 2.05) is 36.9 Å².